The van der Waals surface area contributed by atoms with E-state index in [4.69, 9.17) is 4.74 Å². The highest BCUT2D eigenvalue weighted by Gasteiger charge is 2.24. The highest BCUT2D eigenvalue weighted by Crippen LogP contribution is 2.17. The normalized spacial score (nSPS) is 14.1. The van der Waals surface area contributed by atoms with Crippen LogP contribution in [0.15, 0.2) is 60.8 Å². The summed E-state index contributed by atoms with van der Waals surface area (Å²) >= 11 is 0. The summed E-state index contributed by atoms with van der Waals surface area (Å²) in [5.74, 6) is -0.571. The van der Waals surface area contributed by atoms with Crippen LogP contribution in [0.5, 0.6) is 0 Å². The highest BCUT2D eigenvalue weighted by atomic mass is 16.5. The zero-order valence-electron chi connectivity index (χ0n) is 32.5. The molecule has 3 N–H and O–H groups in total. The first-order valence-corrected chi connectivity index (χ1v) is 20.6. The Bertz CT molecular complexity index is 921. The Hall–Kier alpha value is -2.44. The summed E-state index contributed by atoms with van der Waals surface area (Å²) in [5, 5.41) is 23.5. The molecule has 0 rings (SSSR count). The van der Waals surface area contributed by atoms with E-state index in [2.05, 4.69) is 32.2 Å². The Morgan fingerprint density at radius 1 is 0.600 bits per heavy atom. The van der Waals surface area contributed by atoms with Crippen LogP contribution in [-0.4, -0.2) is 46.9 Å². The Morgan fingerprint density at radius 2 is 1.06 bits per heavy atom. The van der Waals surface area contributed by atoms with Crippen molar-refractivity contribution in [3.63, 3.8) is 0 Å². The van der Waals surface area contributed by atoms with Crippen molar-refractivity contribution in [2.45, 2.75) is 200 Å². The molecule has 50 heavy (non-hydrogen) atoms. The van der Waals surface area contributed by atoms with Gasteiger partial charge in [-0.15, -0.1) is 0 Å². The van der Waals surface area contributed by atoms with Crippen molar-refractivity contribution in [3.05, 3.63) is 60.8 Å². The first kappa shape index (κ1) is 47.6. The number of ether oxygens (including phenoxy) is 1. The van der Waals surface area contributed by atoms with Crippen molar-refractivity contribution in [2.24, 2.45) is 0 Å². The molecule has 0 aliphatic heterocycles. The number of allylic oxidation sites excluding steroid dienone is 10. The Balaban J connectivity index is 4.68. The molecule has 0 fully saturated rings. The van der Waals surface area contributed by atoms with Gasteiger partial charge in [0.2, 0.25) is 5.91 Å². The SMILES string of the molecule is CC/C=C/C=C/C=C\C=C/C=C/CCCC(=O)OC(CCCCCCCCCC)CC(=O)NC(CO)C(O)CCCCCCCCCCCC. The molecule has 0 aliphatic rings. The monoisotopic (exact) mass is 700 g/mol. The average molecular weight is 700 g/mol. The predicted molar refractivity (Wildman–Crippen MR) is 213 cm³/mol. The van der Waals surface area contributed by atoms with Crippen molar-refractivity contribution in [1.82, 2.24) is 5.32 Å². The van der Waals surface area contributed by atoms with E-state index >= 15 is 0 Å². The molecule has 0 bridgehead atoms. The van der Waals surface area contributed by atoms with Crippen molar-refractivity contribution < 1.29 is 24.5 Å². The third kappa shape index (κ3) is 32.7. The molecule has 0 aromatic heterocycles. The molecule has 0 aromatic rings. The van der Waals surface area contributed by atoms with Crippen LogP contribution in [-0.2, 0) is 14.3 Å². The fourth-order valence-electron chi connectivity index (χ4n) is 5.87. The predicted octanol–water partition coefficient (Wildman–Crippen LogP) is 11.3. The lowest BCUT2D eigenvalue weighted by Gasteiger charge is -2.24. The summed E-state index contributed by atoms with van der Waals surface area (Å²) in [7, 11) is 0. The van der Waals surface area contributed by atoms with Gasteiger partial charge in [-0.1, -0.05) is 191 Å². The van der Waals surface area contributed by atoms with Crippen LogP contribution in [0.25, 0.3) is 0 Å². The molecule has 3 atom stereocenters. The number of carbonyl (C=O) groups is 2. The van der Waals surface area contributed by atoms with Crippen LogP contribution in [0.4, 0.5) is 0 Å². The maximum absolute atomic E-state index is 13.0. The van der Waals surface area contributed by atoms with E-state index in [1.807, 2.05) is 54.7 Å². The summed E-state index contributed by atoms with van der Waals surface area (Å²) < 4.78 is 5.82. The number of carbonyl (C=O) groups excluding carboxylic acids is 2. The van der Waals surface area contributed by atoms with Crippen molar-refractivity contribution >= 4 is 11.9 Å². The van der Waals surface area contributed by atoms with Gasteiger partial charge >= 0.3 is 5.97 Å². The van der Waals surface area contributed by atoms with Crippen molar-refractivity contribution in [3.8, 4) is 0 Å². The first-order chi connectivity index (χ1) is 24.5. The van der Waals surface area contributed by atoms with Gasteiger partial charge in [0, 0.05) is 6.42 Å². The van der Waals surface area contributed by atoms with Crippen LogP contribution in [0, 0.1) is 0 Å². The number of hydrogen-bond donors (Lipinski definition) is 3. The summed E-state index contributed by atoms with van der Waals surface area (Å²) in [6.07, 6.45) is 44.3. The van der Waals surface area contributed by atoms with E-state index in [9.17, 15) is 19.8 Å². The van der Waals surface area contributed by atoms with Gasteiger partial charge in [-0.2, -0.15) is 0 Å². The fraction of sp³-hybridized carbons (Fsp3) is 0.727. The van der Waals surface area contributed by atoms with Gasteiger partial charge in [0.15, 0.2) is 0 Å². The van der Waals surface area contributed by atoms with Gasteiger partial charge in [-0.05, 0) is 38.5 Å². The Labute approximate surface area is 308 Å². The van der Waals surface area contributed by atoms with Crippen LogP contribution >= 0.6 is 0 Å². The zero-order chi connectivity index (χ0) is 36.8. The smallest absolute Gasteiger partial charge is 0.306 e. The second kappa shape index (κ2) is 37.8. The van der Waals surface area contributed by atoms with E-state index in [0.717, 1.165) is 51.4 Å². The molecule has 0 aromatic carbocycles. The summed E-state index contributed by atoms with van der Waals surface area (Å²) in [5.41, 5.74) is 0. The molecule has 0 heterocycles. The molecule has 0 spiro atoms. The largest absolute Gasteiger partial charge is 0.462 e. The number of esters is 1. The molecule has 6 heteroatoms. The molecule has 0 saturated carbocycles. The second-order valence-electron chi connectivity index (χ2n) is 13.8. The van der Waals surface area contributed by atoms with Gasteiger partial charge in [-0.3, -0.25) is 9.59 Å². The molecule has 6 nitrogen and oxygen atoms in total. The van der Waals surface area contributed by atoms with E-state index < -0.39 is 18.2 Å². The summed E-state index contributed by atoms with van der Waals surface area (Å²) in [6.45, 7) is 6.25. The number of aliphatic hydroxyl groups excluding tert-OH is 2. The lowest BCUT2D eigenvalue weighted by atomic mass is 10.0. The molecule has 3 unspecified atom stereocenters. The van der Waals surface area contributed by atoms with Crippen LogP contribution in [0.3, 0.4) is 0 Å². The first-order valence-electron chi connectivity index (χ1n) is 20.6. The number of unbranched alkanes of at least 4 members (excludes halogenated alkanes) is 17. The fourth-order valence-corrected chi connectivity index (χ4v) is 5.87. The third-order valence-corrected chi connectivity index (χ3v) is 8.99. The summed E-state index contributed by atoms with van der Waals surface area (Å²) in [4.78, 5) is 25.8. The van der Waals surface area contributed by atoms with E-state index in [1.165, 1.54) is 77.0 Å². The van der Waals surface area contributed by atoms with E-state index in [0.29, 0.717) is 25.7 Å². The van der Waals surface area contributed by atoms with Crippen LogP contribution in [0.2, 0.25) is 0 Å². The van der Waals surface area contributed by atoms with Gasteiger partial charge in [0.25, 0.3) is 0 Å². The van der Waals surface area contributed by atoms with E-state index in [-0.39, 0.29) is 24.9 Å². The summed E-state index contributed by atoms with van der Waals surface area (Å²) in [6, 6.07) is -0.712. The lowest BCUT2D eigenvalue weighted by Crippen LogP contribution is -2.46. The minimum Gasteiger partial charge on any atom is -0.462 e. The number of nitrogens with one attached hydrogen (secondary N) is 1. The lowest BCUT2D eigenvalue weighted by molar-refractivity contribution is -0.151. The minimum atomic E-state index is -0.796. The van der Waals surface area contributed by atoms with Crippen LogP contribution < -0.4 is 5.32 Å². The topological polar surface area (TPSA) is 95.9 Å². The molecule has 0 aliphatic carbocycles. The molecule has 0 saturated heterocycles. The van der Waals surface area contributed by atoms with Gasteiger partial charge in [0.05, 0.1) is 25.2 Å². The average Bonchev–Trinajstić information content (AvgIpc) is 3.10. The molecule has 288 valence electrons. The Morgan fingerprint density at radius 3 is 1.56 bits per heavy atom. The number of amides is 1. The molecule has 0 radical (unpaired) electrons. The van der Waals surface area contributed by atoms with Gasteiger partial charge in [-0.25, -0.2) is 0 Å². The second-order valence-corrected chi connectivity index (χ2v) is 13.8. The quantitative estimate of drug-likeness (QED) is 0.0348. The van der Waals surface area contributed by atoms with Crippen molar-refractivity contribution in [2.75, 3.05) is 6.61 Å². The van der Waals surface area contributed by atoms with Gasteiger partial charge in [0.1, 0.15) is 6.10 Å². The molecular formula is C44H77NO5. The molecular weight excluding hydrogens is 622 g/mol. The van der Waals surface area contributed by atoms with Gasteiger partial charge < -0.3 is 20.3 Å². The van der Waals surface area contributed by atoms with E-state index in [1.54, 1.807) is 0 Å². The standard InChI is InChI=1S/C44H77NO5/c1-4-7-10-13-16-19-21-22-23-25-28-31-34-37-44(49)50-40(35-32-29-26-18-15-12-9-6-3)38-43(48)45-41(39-46)42(47)36-33-30-27-24-20-17-14-11-8-5-2/h7,10,13,16,19,21-23,25,28,40-42,46-47H,4-6,8-9,11-12,14-15,17-18,20,24,26-27,29-39H2,1-3H3,(H,45,48)/b10-7+,16-13+,21-19-,23-22-,28-25+. The number of hydrogen-bond acceptors (Lipinski definition) is 5. The zero-order valence-corrected chi connectivity index (χ0v) is 32.5. The highest BCUT2D eigenvalue weighted by molar-refractivity contribution is 5.77. The Kier molecular flexibility index (Phi) is 36.0. The maximum Gasteiger partial charge on any atom is 0.306 e. The number of rotatable bonds is 35. The van der Waals surface area contributed by atoms with Crippen molar-refractivity contribution in [1.29, 1.82) is 0 Å². The third-order valence-electron chi connectivity index (χ3n) is 8.99. The van der Waals surface area contributed by atoms with Crippen LogP contribution in [0.1, 0.15) is 181 Å². The number of aliphatic hydroxyl groups is 2. The molecule has 1 amide bonds. The minimum absolute atomic E-state index is 0.0476. The maximum atomic E-state index is 13.0.